The molecule has 0 aromatic heterocycles. The number of anilines is 1. The van der Waals surface area contributed by atoms with Crippen LogP contribution in [-0.4, -0.2) is 12.4 Å². The van der Waals surface area contributed by atoms with Crippen LogP contribution in [0.25, 0.3) is 0 Å². The van der Waals surface area contributed by atoms with Gasteiger partial charge in [-0.25, -0.2) is 0 Å². The Bertz CT molecular complexity index is 286. The van der Waals surface area contributed by atoms with Crippen LogP contribution < -0.4 is 45.3 Å². The first-order chi connectivity index (χ1) is 7.83. The molecule has 0 unspecified atom stereocenters. The fraction of sp³-hybridized carbons (Fsp3) is 0.400. The number of rotatable bonds is 8. The van der Waals surface area contributed by atoms with E-state index in [0.29, 0.717) is 12.4 Å². The SMILES string of the molecule is Nc1ccc(OCCCCSOO[O-])cc1.[Na+]. The first-order valence-corrected chi connectivity index (χ1v) is 5.80. The molecule has 1 rings (SSSR count). The molecule has 0 spiro atoms. The second-order valence-corrected chi connectivity index (χ2v) is 3.86. The minimum Gasteiger partial charge on any atom is -0.691 e. The van der Waals surface area contributed by atoms with E-state index in [9.17, 15) is 5.26 Å². The van der Waals surface area contributed by atoms with Gasteiger partial charge in [0.2, 0.25) is 0 Å². The van der Waals surface area contributed by atoms with Crippen LogP contribution in [0.3, 0.4) is 0 Å². The maximum absolute atomic E-state index is 9.45. The van der Waals surface area contributed by atoms with Crippen molar-refractivity contribution in [2.75, 3.05) is 18.1 Å². The minimum atomic E-state index is 0. The van der Waals surface area contributed by atoms with E-state index in [0.717, 1.165) is 36.3 Å². The van der Waals surface area contributed by atoms with Gasteiger partial charge in [-0.3, -0.25) is 5.04 Å². The number of nitrogens with two attached hydrogens (primary N) is 1. The monoisotopic (exact) mass is 267 g/mol. The van der Waals surface area contributed by atoms with E-state index in [-0.39, 0.29) is 29.6 Å². The van der Waals surface area contributed by atoms with Gasteiger partial charge in [0.15, 0.2) is 0 Å². The number of benzene rings is 1. The predicted octanol–water partition coefficient (Wildman–Crippen LogP) is -1.70. The molecule has 0 atom stereocenters. The van der Waals surface area contributed by atoms with Gasteiger partial charge < -0.3 is 15.7 Å². The molecule has 0 radical (unpaired) electrons. The van der Waals surface area contributed by atoms with E-state index in [2.05, 4.69) is 9.37 Å². The average molecular weight is 267 g/mol. The molecular weight excluding hydrogens is 253 g/mol. The van der Waals surface area contributed by atoms with E-state index in [1.165, 1.54) is 0 Å². The summed E-state index contributed by atoms with van der Waals surface area (Å²) >= 11 is 0.995. The molecule has 0 fully saturated rings. The number of unbranched alkanes of at least 4 members (excludes halogenated alkanes) is 1. The van der Waals surface area contributed by atoms with Gasteiger partial charge in [-0.1, -0.05) is 0 Å². The molecule has 0 saturated heterocycles. The molecule has 1 aromatic carbocycles. The van der Waals surface area contributed by atoms with Crippen molar-refractivity contribution < 1.29 is 48.9 Å². The van der Waals surface area contributed by atoms with Crippen molar-refractivity contribution in [3.05, 3.63) is 24.3 Å². The van der Waals surface area contributed by atoms with Crippen LogP contribution in [0.15, 0.2) is 24.3 Å². The molecule has 1 aromatic rings. The third-order valence-electron chi connectivity index (χ3n) is 1.85. The summed E-state index contributed by atoms with van der Waals surface area (Å²) in [7, 11) is 0. The molecule has 0 saturated carbocycles. The van der Waals surface area contributed by atoms with E-state index in [1.807, 2.05) is 12.1 Å². The molecule has 5 nitrogen and oxygen atoms in total. The summed E-state index contributed by atoms with van der Waals surface area (Å²) < 4.78 is 9.59. The third-order valence-corrected chi connectivity index (χ3v) is 2.45. The van der Waals surface area contributed by atoms with Crippen LogP contribution >= 0.6 is 12.0 Å². The van der Waals surface area contributed by atoms with Crippen molar-refractivity contribution in [2.24, 2.45) is 0 Å². The molecule has 7 heteroatoms. The van der Waals surface area contributed by atoms with Crippen LogP contribution in [0, 0.1) is 0 Å². The van der Waals surface area contributed by atoms with Gasteiger partial charge >= 0.3 is 29.6 Å². The first-order valence-electron chi connectivity index (χ1n) is 4.89. The zero-order valence-electron chi connectivity index (χ0n) is 9.76. The predicted molar refractivity (Wildman–Crippen MR) is 60.2 cm³/mol. The van der Waals surface area contributed by atoms with Crippen LogP contribution in [0.4, 0.5) is 5.69 Å². The standard InChI is InChI=1S/C10H15NO4S.Na/c11-9-3-5-10(6-4-9)13-7-1-2-8-16-15-14-12;/h3-6,12H,1-2,7-8,11H2;/q;+1/p-1. The van der Waals surface area contributed by atoms with Crippen molar-refractivity contribution in [3.8, 4) is 5.75 Å². The fourth-order valence-electron chi connectivity index (χ4n) is 1.07. The van der Waals surface area contributed by atoms with E-state index in [1.54, 1.807) is 12.1 Å². The van der Waals surface area contributed by atoms with Gasteiger partial charge in [-0.15, -0.1) is 0 Å². The summed E-state index contributed by atoms with van der Waals surface area (Å²) in [5, 5.41) is 12.7. The molecule has 0 bridgehead atoms. The fourth-order valence-corrected chi connectivity index (χ4v) is 1.50. The van der Waals surface area contributed by atoms with Gasteiger partial charge in [0, 0.05) is 23.5 Å². The van der Waals surface area contributed by atoms with Crippen molar-refractivity contribution in [1.82, 2.24) is 0 Å². The molecule has 90 valence electrons. The van der Waals surface area contributed by atoms with E-state index < -0.39 is 0 Å². The Balaban J connectivity index is 0.00000256. The zero-order chi connectivity index (χ0) is 11.6. The summed E-state index contributed by atoms with van der Waals surface area (Å²) in [6, 6.07) is 7.26. The summed E-state index contributed by atoms with van der Waals surface area (Å²) in [6.45, 7) is 0.628. The quantitative estimate of drug-likeness (QED) is 0.151. The summed E-state index contributed by atoms with van der Waals surface area (Å²) in [4.78, 5) is 0. The Morgan fingerprint density at radius 1 is 1.18 bits per heavy atom. The Labute approximate surface area is 127 Å². The van der Waals surface area contributed by atoms with Gasteiger partial charge in [-0.05, 0) is 37.1 Å². The van der Waals surface area contributed by atoms with Crippen molar-refractivity contribution >= 4 is 17.7 Å². The average Bonchev–Trinajstić information content (AvgIpc) is 2.30. The molecule has 0 heterocycles. The molecule has 17 heavy (non-hydrogen) atoms. The van der Waals surface area contributed by atoms with Gasteiger partial charge in [0.1, 0.15) is 5.75 Å². The first kappa shape index (κ1) is 17.1. The van der Waals surface area contributed by atoms with E-state index >= 15 is 0 Å². The molecule has 0 aliphatic heterocycles. The van der Waals surface area contributed by atoms with Crippen LogP contribution in [0.2, 0.25) is 0 Å². The second-order valence-electron chi connectivity index (χ2n) is 3.08. The van der Waals surface area contributed by atoms with Crippen molar-refractivity contribution in [2.45, 2.75) is 12.8 Å². The second kappa shape index (κ2) is 11.2. The van der Waals surface area contributed by atoms with Gasteiger partial charge in [-0.2, -0.15) is 4.33 Å². The molecule has 0 amide bonds. The zero-order valence-corrected chi connectivity index (χ0v) is 12.6. The number of nitrogen functional groups attached to an aromatic ring is 1. The summed E-state index contributed by atoms with van der Waals surface area (Å²) in [5.74, 6) is 1.51. The Morgan fingerprint density at radius 3 is 2.53 bits per heavy atom. The summed E-state index contributed by atoms with van der Waals surface area (Å²) in [6.07, 6.45) is 1.78. The molecule has 0 aliphatic carbocycles. The Hall–Kier alpha value is 0.0500. The Morgan fingerprint density at radius 2 is 1.88 bits per heavy atom. The molecule has 2 N–H and O–H groups in total. The normalized spacial score (nSPS) is 9.71. The largest absolute Gasteiger partial charge is 1.00 e. The Kier molecular flexibility index (Phi) is 11.2. The van der Waals surface area contributed by atoms with Crippen molar-refractivity contribution in [3.63, 3.8) is 0 Å². The third kappa shape index (κ3) is 8.73. The van der Waals surface area contributed by atoms with Crippen LogP contribution in [0.1, 0.15) is 12.8 Å². The van der Waals surface area contributed by atoms with Gasteiger partial charge in [0.25, 0.3) is 0 Å². The smallest absolute Gasteiger partial charge is 0.691 e. The van der Waals surface area contributed by atoms with Crippen molar-refractivity contribution in [1.29, 1.82) is 0 Å². The summed E-state index contributed by atoms with van der Waals surface area (Å²) in [5.41, 5.74) is 6.26. The maximum atomic E-state index is 9.45. The van der Waals surface area contributed by atoms with Crippen LogP contribution in [0.5, 0.6) is 5.75 Å². The topological polar surface area (TPSA) is 76.8 Å². The molecular formula is C10H14NNaO4S. The minimum absolute atomic E-state index is 0. The van der Waals surface area contributed by atoms with Gasteiger partial charge in [0.05, 0.1) is 6.61 Å². The van der Waals surface area contributed by atoms with E-state index in [4.69, 9.17) is 10.5 Å². The number of hydrogen-bond donors (Lipinski definition) is 1. The van der Waals surface area contributed by atoms with Crippen LogP contribution in [-0.2, 0) is 9.37 Å². The number of ether oxygens (including phenoxy) is 1. The number of hydrogen-bond acceptors (Lipinski definition) is 6. The molecule has 0 aliphatic rings. The maximum Gasteiger partial charge on any atom is 1.00 e.